The van der Waals surface area contributed by atoms with Gasteiger partial charge < -0.3 is 14.8 Å². The minimum atomic E-state index is -4.00. The van der Waals surface area contributed by atoms with Crippen LogP contribution in [0.5, 0.6) is 11.5 Å². The lowest BCUT2D eigenvalue weighted by atomic mass is 10.2. The SMILES string of the molecule is COc1ccc(NS(=O)(=O)c2cc(C(=O)Nc3ccccc3)ccc2OC)cc1. The third-order valence-electron chi connectivity index (χ3n) is 4.09. The second-order valence-corrected chi connectivity index (χ2v) is 7.67. The Morgan fingerprint density at radius 3 is 2.14 bits per heavy atom. The molecule has 3 rings (SSSR count). The average molecular weight is 412 g/mol. The first-order chi connectivity index (χ1) is 13.9. The second kappa shape index (κ2) is 8.66. The van der Waals surface area contributed by atoms with E-state index in [1.165, 1.54) is 32.4 Å². The molecular weight excluding hydrogens is 392 g/mol. The van der Waals surface area contributed by atoms with Crippen molar-refractivity contribution in [2.24, 2.45) is 0 Å². The van der Waals surface area contributed by atoms with Crippen molar-refractivity contribution >= 4 is 27.3 Å². The van der Waals surface area contributed by atoms with Crippen LogP contribution < -0.4 is 19.5 Å². The molecule has 0 saturated carbocycles. The molecule has 0 radical (unpaired) electrons. The van der Waals surface area contributed by atoms with Gasteiger partial charge in [-0.15, -0.1) is 0 Å². The fraction of sp³-hybridized carbons (Fsp3) is 0.0952. The molecule has 7 nitrogen and oxygen atoms in total. The van der Waals surface area contributed by atoms with Crippen molar-refractivity contribution in [3.63, 3.8) is 0 Å². The molecular formula is C21H20N2O5S. The van der Waals surface area contributed by atoms with E-state index in [1.54, 1.807) is 48.5 Å². The zero-order valence-electron chi connectivity index (χ0n) is 15.9. The van der Waals surface area contributed by atoms with Crippen molar-refractivity contribution in [2.75, 3.05) is 24.3 Å². The Hall–Kier alpha value is -3.52. The maximum atomic E-state index is 12.9. The molecule has 1 amide bonds. The van der Waals surface area contributed by atoms with E-state index in [2.05, 4.69) is 10.0 Å². The minimum Gasteiger partial charge on any atom is -0.497 e. The molecule has 0 aliphatic carbocycles. The zero-order chi connectivity index (χ0) is 20.9. The van der Waals surface area contributed by atoms with Gasteiger partial charge >= 0.3 is 0 Å². The number of para-hydroxylation sites is 1. The quantitative estimate of drug-likeness (QED) is 0.616. The number of hydrogen-bond acceptors (Lipinski definition) is 5. The van der Waals surface area contributed by atoms with Crippen molar-refractivity contribution in [3.8, 4) is 11.5 Å². The molecule has 0 atom stereocenters. The van der Waals surface area contributed by atoms with E-state index >= 15 is 0 Å². The van der Waals surface area contributed by atoms with E-state index in [0.29, 0.717) is 17.1 Å². The normalized spacial score (nSPS) is 10.8. The summed E-state index contributed by atoms with van der Waals surface area (Å²) in [5.74, 6) is 0.298. The van der Waals surface area contributed by atoms with Crippen LogP contribution in [0.25, 0.3) is 0 Å². The van der Waals surface area contributed by atoms with Crippen LogP contribution in [0.4, 0.5) is 11.4 Å². The molecule has 0 aliphatic rings. The number of methoxy groups -OCH3 is 2. The highest BCUT2D eigenvalue weighted by atomic mass is 32.2. The van der Waals surface area contributed by atoms with E-state index in [1.807, 2.05) is 6.07 Å². The van der Waals surface area contributed by atoms with Gasteiger partial charge in [0.2, 0.25) is 0 Å². The summed E-state index contributed by atoms with van der Waals surface area (Å²) in [7, 11) is -1.11. The standard InChI is InChI=1S/C21H20N2O5S/c1-27-18-11-9-17(10-12-18)23-29(25,26)20-14-15(8-13-19(20)28-2)21(24)22-16-6-4-3-5-7-16/h3-14,23H,1-2H3,(H,22,24). The number of carbonyl (C=O) groups is 1. The summed E-state index contributed by atoms with van der Waals surface area (Å²) in [6, 6.07) is 19.6. The summed E-state index contributed by atoms with van der Waals surface area (Å²) in [5.41, 5.74) is 1.14. The first-order valence-corrected chi connectivity index (χ1v) is 10.1. The van der Waals surface area contributed by atoms with E-state index in [0.717, 1.165) is 0 Å². The third kappa shape index (κ3) is 4.85. The number of rotatable bonds is 7. The summed E-state index contributed by atoms with van der Waals surface area (Å²) < 4.78 is 38.6. The van der Waals surface area contributed by atoms with Crippen LogP contribution in [0, 0.1) is 0 Å². The summed E-state index contributed by atoms with van der Waals surface area (Å²) >= 11 is 0. The molecule has 0 fully saturated rings. The molecule has 2 N–H and O–H groups in total. The number of sulfonamides is 1. The van der Waals surface area contributed by atoms with Gasteiger partial charge in [-0.05, 0) is 54.6 Å². The average Bonchev–Trinajstić information content (AvgIpc) is 2.74. The van der Waals surface area contributed by atoms with Gasteiger partial charge in [-0.1, -0.05) is 18.2 Å². The van der Waals surface area contributed by atoms with Crippen LogP contribution in [0.15, 0.2) is 77.7 Å². The first-order valence-electron chi connectivity index (χ1n) is 8.64. The van der Waals surface area contributed by atoms with Gasteiger partial charge in [0, 0.05) is 16.9 Å². The van der Waals surface area contributed by atoms with Gasteiger partial charge in [-0.2, -0.15) is 0 Å². The summed E-state index contributed by atoms with van der Waals surface area (Å²) in [4.78, 5) is 12.4. The molecule has 3 aromatic carbocycles. The van der Waals surface area contributed by atoms with Crippen LogP contribution in [0.1, 0.15) is 10.4 Å². The van der Waals surface area contributed by atoms with Crippen molar-refractivity contribution in [3.05, 3.63) is 78.4 Å². The van der Waals surface area contributed by atoms with Crippen LogP contribution in [0.3, 0.4) is 0 Å². The Kier molecular flexibility index (Phi) is 6.04. The van der Waals surface area contributed by atoms with E-state index in [-0.39, 0.29) is 16.2 Å². The lowest BCUT2D eigenvalue weighted by molar-refractivity contribution is 0.102. The highest BCUT2D eigenvalue weighted by Gasteiger charge is 2.22. The number of nitrogens with one attached hydrogen (secondary N) is 2. The fourth-order valence-electron chi connectivity index (χ4n) is 2.62. The largest absolute Gasteiger partial charge is 0.497 e. The van der Waals surface area contributed by atoms with Crippen molar-refractivity contribution in [1.29, 1.82) is 0 Å². The summed E-state index contributed by atoms with van der Waals surface area (Å²) in [6.07, 6.45) is 0. The molecule has 0 aromatic heterocycles. The molecule has 0 unspecified atom stereocenters. The number of anilines is 2. The topological polar surface area (TPSA) is 93.7 Å². The summed E-state index contributed by atoms with van der Waals surface area (Å²) in [6.45, 7) is 0. The van der Waals surface area contributed by atoms with Crippen LogP contribution in [0.2, 0.25) is 0 Å². The van der Waals surface area contributed by atoms with Gasteiger partial charge in [-0.25, -0.2) is 8.42 Å². The first kappa shape index (κ1) is 20.2. The lowest BCUT2D eigenvalue weighted by Crippen LogP contribution is -2.17. The molecule has 0 heterocycles. The molecule has 0 aliphatic heterocycles. The van der Waals surface area contributed by atoms with Gasteiger partial charge in [0.1, 0.15) is 16.4 Å². The monoisotopic (exact) mass is 412 g/mol. The van der Waals surface area contributed by atoms with E-state index < -0.39 is 15.9 Å². The zero-order valence-corrected chi connectivity index (χ0v) is 16.7. The second-order valence-electron chi connectivity index (χ2n) is 6.02. The highest BCUT2D eigenvalue weighted by Crippen LogP contribution is 2.28. The Balaban J connectivity index is 1.90. The molecule has 0 spiro atoms. The Labute approximate surface area is 169 Å². The Morgan fingerprint density at radius 1 is 0.828 bits per heavy atom. The molecule has 0 bridgehead atoms. The lowest BCUT2D eigenvalue weighted by Gasteiger charge is -2.13. The smallest absolute Gasteiger partial charge is 0.265 e. The van der Waals surface area contributed by atoms with Gasteiger partial charge in [-0.3, -0.25) is 9.52 Å². The molecule has 150 valence electrons. The van der Waals surface area contributed by atoms with Crippen LogP contribution >= 0.6 is 0 Å². The molecule has 0 saturated heterocycles. The number of benzene rings is 3. The minimum absolute atomic E-state index is 0.127. The van der Waals surface area contributed by atoms with E-state index in [9.17, 15) is 13.2 Å². The third-order valence-corrected chi connectivity index (χ3v) is 5.49. The Morgan fingerprint density at radius 2 is 1.52 bits per heavy atom. The van der Waals surface area contributed by atoms with E-state index in [4.69, 9.17) is 9.47 Å². The van der Waals surface area contributed by atoms with Crippen molar-refractivity contribution in [1.82, 2.24) is 0 Å². The molecule has 29 heavy (non-hydrogen) atoms. The maximum absolute atomic E-state index is 12.9. The highest BCUT2D eigenvalue weighted by molar-refractivity contribution is 7.92. The van der Waals surface area contributed by atoms with Gasteiger partial charge in [0.05, 0.1) is 14.2 Å². The fourth-order valence-corrected chi connectivity index (χ4v) is 3.88. The van der Waals surface area contributed by atoms with Crippen LogP contribution in [-0.4, -0.2) is 28.5 Å². The number of ether oxygens (including phenoxy) is 2. The Bertz CT molecular complexity index is 1100. The summed E-state index contributed by atoms with van der Waals surface area (Å²) in [5, 5.41) is 2.73. The van der Waals surface area contributed by atoms with Gasteiger partial charge in [0.25, 0.3) is 15.9 Å². The number of amides is 1. The molecule has 3 aromatic rings. The van der Waals surface area contributed by atoms with Crippen molar-refractivity contribution in [2.45, 2.75) is 4.90 Å². The predicted octanol–water partition coefficient (Wildman–Crippen LogP) is 3.76. The molecule has 8 heteroatoms. The van der Waals surface area contributed by atoms with Crippen LogP contribution in [-0.2, 0) is 10.0 Å². The number of carbonyl (C=O) groups excluding carboxylic acids is 1. The van der Waals surface area contributed by atoms with Gasteiger partial charge in [0.15, 0.2) is 0 Å². The predicted molar refractivity (Wildman–Crippen MR) is 111 cm³/mol. The maximum Gasteiger partial charge on any atom is 0.265 e. The number of hydrogen-bond donors (Lipinski definition) is 2. The van der Waals surface area contributed by atoms with Crippen molar-refractivity contribution < 1.29 is 22.7 Å².